The van der Waals surface area contributed by atoms with E-state index in [1.807, 2.05) is 44.2 Å². The van der Waals surface area contributed by atoms with Crippen molar-refractivity contribution in [2.45, 2.75) is 19.9 Å². The van der Waals surface area contributed by atoms with E-state index in [1.165, 1.54) is 0 Å². The highest BCUT2D eigenvalue weighted by Crippen LogP contribution is 2.07. The van der Waals surface area contributed by atoms with Crippen molar-refractivity contribution in [3.05, 3.63) is 30.3 Å². The fraction of sp³-hybridized carbons (Fsp3) is 0.538. The minimum absolute atomic E-state index is 0.0799. The maximum Gasteiger partial charge on any atom is 0.212 e. The average molecular weight is 286 g/mol. The standard InChI is InChI=1S/C13H22N2O3S/c1-12(2)14-9-11-19(16,17)15-8-10-18-13-6-4-3-5-7-13/h3-7,12,14-15H,8-11H2,1-2H3. The van der Waals surface area contributed by atoms with Gasteiger partial charge < -0.3 is 10.1 Å². The molecule has 0 saturated carbocycles. The van der Waals surface area contributed by atoms with Gasteiger partial charge in [0.15, 0.2) is 0 Å². The second-order valence-electron chi connectivity index (χ2n) is 4.48. The lowest BCUT2D eigenvalue weighted by molar-refractivity contribution is 0.323. The highest BCUT2D eigenvalue weighted by molar-refractivity contribution is 7.89. The highest BCUT2D eigenvalue weighted by Gasteiger charge is 2.09. The Morgan fingerprint density at radius 2 is 1.84 bits per heavy atom. The summed E-state index contributed by atoms with van der Waals surface area (Å²) >= 11 is 0. The van der Waals surface area contributed by atoms with E-state index in [0.29, 0.717) is 13.2 Å². The van der Waals surface area contributed by atoms with Gasteiger partial charge in [0, 0.05) is 19.1 Å². The molecule has 0 heterocycles. The van der Waals surface area contributed by atoms with E-state index >= 15 is 0 Å². The zero-order valence-corrected chi connectivity index (χ0v) is 12.2. The topological polar surface area (TPSA) is 67.4 Å². The number of hydrogen-bond donors (Lipinski definition) is 2. The molecule has 0 unspecified atom stereocenters. The average Bonchev–Trinajstić information content (AvgIpc) is 2.35. The fourth-order valence-electron chi connectivity index (χ4n) is 1.44. The van der Waals surface area contributed by atoms with Crippen LogP contribution in [0.25, 0.3) is 0 Å². The molecule has 19 heavy (non-hydrogen) atoms. The molecule has 0 aliphatic carbocycles. The summed E-state index contributed by atoms with van der Waals surface area (Å²) < 4.78 is 31.1. The van der Waals surface area contributed by atoms with Crippen LogP contribution < -0.4 is 14.8 Å². The van der Waals surface area contributed by atoms with E-state index in [-0.39, 0.29) is 18.3 Å². The Labute approximate surface area is 115 Å². The van der Waals surface area contributed by atoms with Crippen LogP contribution in [0.15, 0.2) is 30.3 Å². The van der Waals surface area contributed by atoms with E-state index < -0.39 is 10.0 Å². The normalized spacial score (nSPS) is 11.7. The van der Waals surface area contributed by atoms with Gasteiger partial charge in [0.25, 0.3) is 0 Å². The van der Waals surface area contributed by atoms with Crippen molar-refractivity contribution in [1.29, 1.82) is 0 Å². The summed E-state index contributed by atoms with van der Waals surface area (Å²) in [5, 5.41) is 3.07. The Bertz CT molecular complexity index is 446. The second kappa shape index (κ2) is 8.14. The van der Waals surface area contributed by atoms with E-state index in [4.69, 9.17) is 4.74 Å². The molecule has 1 rings (SSSR count). The summed E-state index contributed by atoms with van der Waals surface area (Å²) in [4.78, 5) is 0. The molecule has 5 nitrogen and oxygen atoms in total. The fourth-order valence-corrected chi connectivity index (χ4v) is 2.36. The van der Waals surface area contributed by atoms with Gasteiger partial charge in [0.05, 0.1) is 5.75 Å². The predicted octanol–water partition coefficient (Wildman–Crippen LogP) is 0.983. The minimum atomic E-state index is -3.22. The van der Waals surface area contributed by atoms with E-state index in [9.17, 15) is 8.42 Å². The molecular formula is C13H22N2O3S. The molecule has 0 radical (unpaired) electrons. The third-order valence-corrected chi connectivity index (χ3v) is 3.74. The Morgan fingerprint density at radius 3 is 2.47 bits per heavy atom. The Morgan fingerprint density at radius 1 is 1.16 bits per heavy atom. The third kappa shape index (κ3) is 7.81. The van der Waals surface area contributed by atoms with E-state index in [2.05, 4.69) is 10.0 Å². The molecule has 0 atom stereocenters. The van der Waals surface area contributed by atoms with Gasteiger partial charge in [-0.05, 0) is 12.1 Å². The van der Waals surface area contributed by atoms with Gasteiger partial charge in [-0.1, -0.05) is 32.0 Å². The number of nitrogens with one attached hydrogen (secondary N) is 2. The lowest BCUT2D eigenvalue weighted by Gasteiger charge is -2.10. The van der Waals surface area contributed by atoms with Crippen molar-refractivity contribution in [2.75, 3.05) is 25.4 Å². The minimum Gasteiger partial charge on any atom is -0.492 e. The molecule has 2 N–H and O–H groups in total. The van der Waals surface area contributed by atoms with Crippen LogP contribution in [0.2, 0.25) is 0 Å². The summed E-state index contributed by atoms with van der Waals surface area (Å²) in [6.07, 6.45) is 0. The van der Waals surface area contributed by atoms with Crippen molar-refractivity contribution in [1.82, 2.24) is 10.0 Å². The Hall–Kier alpha value is -1.11. The molecule has 1 aromatic rings. The van der Waals surface area contributed by atoms with Crippen LogP contribution in [0.5, 0.6) is 5.75 Å². The number of rotatable bonds is 9. The molecule has 0 bridgehead atoms. The van der Waals surface area contributed by atoms with Gasteiger partial charge in [0.2, 0.25) is 10.0 Å². The number of para-hydroxylation sites is 1. The van der Waals surface area contributed by atoms with Crippen molar-refractivity contribution < 1.29 is 13.2 Å². The van der Waals surface area contributed by atoms with Crippen LogP contribution in [0.4, 0.5) is 0 Å². The van der Waals surface area contributed by atoms with Gasteiger partial charge >= 0.3 is 0 Å². The van der Waals surface area contributed by atoms with Crippen molar-refractivity contribution in [3.8, 4) is 5.75 Å². The van der Waals surface area contributed by atoms with Crippen LogP contribution in [0, 0.1) is 0 Å². The van der Waals surface area contributed by atoms with Gasteiger partial charge in [-0.3, -0.25) is 0 Å². The second-order valence-corrected chi connectivity index (χ2v) is 6.41. The summed E-state index contributed by atoms with van der Waals surface area (Å²) in [5.41, 5.74) is 0. The zero-order chi connectivity index (χ0) is 14.1. The molecule has 0 fully saturated rings. The van der Waals surface area contributed by atoms with Crippen molar-refractivity contribution in [2.24, 2.45) is 0 Å². The SMILES string of the molecule is CC(C)NCCS(=O)(=O)NCCOc1ccccc1. The zero-order valence-electron chi connectivity index (χ0n) is 11.4. The van der Waals surface area contributed by atoms with Crippen molar-refractivity contribution >= 4 is 10.0 Å². The van der Waals surface area contributed by atoms with Crippen LogP contribution >= 0.6 is 0 Å². The third-order valence-electron chi connectivity index (χ3n) is 2.36. The number of sulfonamides is 1. The van der Waals surface area contributed by atoms with Gasteiger partial charge in [0.1, 0.15) is 12.4 Å². The summed E-state index contributed by atoms with van der Waals surface area (Å²) in [7, 11) is -3.22. The van der Waals surface area contributed by atoms with Crippen LogP contribution in [-0.4, -0.2) is 39.9 Å². The van der Waals surface area contributed by atoms with Gasteiger partial charge in [-0.15, -0.1) is 0 Å². The first-order valence-electron chi connectivity index (χ1n) is 6.38. The molecule has 6 heteroatoms. The number of benzene rings is 1. The molecule has 0 aromatic heterocycles. The van der Waals surface area contributed by atoms with E-state index in [0.717, 1.165) is 5.75 Å². The molecule has 1 aromatic carbocycles. The molecule has 0 spiro atoms. The molecule has 108 valence electrons. The first kappa shape index (κ1) is 15.9. The lowest BCUT2D eigenvalue weighted by Crippen LogP contribution is -2.36. The number of hydrogen-bond acceptors (Lipinski definition) is 4. The summed E-state index contributed by atoms with van der Waals surface area (Å²) in [6.45, 7) is 5.01. The first-order valence-corrected chi connectivity index (χ1v) is 8.03. The highest BCUT2D eigenvalue weighted by atomic mass is 32.2. The van der Waals surface area contributed by atoms with Gasteiger partial charge in [-0.2, -0.15) is 0 Å². The molecular weight excluding hydrogens is 264 g/mol. The maximum atomic E-state index is 11.6. The molecule has 0 amide bonds. The van der Waals surface area contributed by atoms with Crippen LogP contribution in [0.1, 0.15) is 13.8 Å². The quantitative estimate of drug-likeness (QED) is 0.664. The lowest BCUT2D eigenvalue weighted by atomic mass is 10.3. The largest absolute Gasteiger partial charge is 0.492 e. The van der Waals surface area contributed by atoms with Gasteiger partial charge in [-0.25, -0.2) is 13.1 Å². The maximum absolute atomic E-state index is 11.6. The molecule has 0 aliphatic heterocycles. The predicted molar refractivity (Wildman–Crippen MR) is 76.9 cm³/mol. The monoisotopic (exact) mass is 286 g/mol. The molecule has 0 aliphatic rings. The summed E-state index contributed by atoms with van der Waals surface area (Å²) in [6, 6.07) is 9.60. The van der Waals surface area contributed by atoms with Crippen LogP contribution in [0.3, 0.4) is 0 Å². The Kier molecular flexibility index (Phi) is 6.83. The smallest absolute Gasteiger partial charge is 0.212 e. The first-order chi connectivity index (χ1) is 8.99. The van der Waals surface area contributed by atoms with Crippen LogP contribution in [-0.2, 0) is 10.0 Å². The molecule has 0 saturated heterocycles. The van der Waals surface area contributed by atoms with Crippen molar-refractivity contribution in [3.63, 3.8) is 0 Å². The summed E-state index contributed by atoms with van der Waals surface area (Å²) in [5.74, 6) is 0.819. The number of ether oxygens (including phenoxy) is 1. The Balaban J connectivity index is 2.17. The van der Waals surface area contributed by atoms with E-state index in [1.54, 1.807) is 0 Å².